The van der Waals surface area contributed by atoms with E-state index in [-0.39, 0.29) is 63.5 Å². The van der Waals surface area contributed by atoms with Crippen molar-refractivity contribution < 1.29 is 62.6 Å². The van der Waals surface area contributed by atoms with Crippen LogP contribution < -0.4 is 69.5 Å². The Labute approximate surface area is 621 Å². The fraction of sp³-hybridized carbons (Fsp3) is 0.416. The number of rotatable bonds is 41. The molecule has 2 heterocycles. The van der Waals surface area contributed by atoms with Crippen LogP contribution in [0.3, 0.4) is 0 Å². The number of carbonyl (C=O) groups is 12. The van der Waals surface area contributed by atoms with E-state index in [1.165, 1.54) is 36.4 Å². The SMILES string of the molecule is CC(=O)N[C@H](Cc1ccc2ccccc2c1)C(=O)N[C@H](Cc1ccc(Cl)cc1)C(=O)N[C@H](Cc1cccnc1)C(=O)N[C@@H](CO)C(=O)N[C@@H](Cc1ccc(NC=O)cc1)C(=O)N[C@H](Cc1ccc(NC=O)cc1)C(=O)N[C@@H](CC(C)C)C(=O)N[C@@H](CCCCNC(C)C)C(=O)N1CCC[C@H]1C(=O)N[C@H](C)N. The molecule has 15 N–H and O–H groups in total. The quantitative estimate of drug-likeness (QED) is 0.0149. The van der Waals surface area contributed by atoms with Gasteiger partial charge < -0.3 is 79.5 Å². The Morgan fingerprint density at radius 1 is 0.528 bits per heavy atom. The Hall–Kier alpha value is -10.7. The van der Waals surface area contributed by atoms with Gasteiger partial charge in [0.2, 0.25) is 71.9 Å². The lowest BCUT2D eigenvalue weighted by molar-refractivity contribution is -0.142. The third-order valence-electron chi connectivity index (χ3n) is 17.7. The number of amides is 12. The van der Waals surface area contributed by atoms with E-state index >= 15 is 9.59 Å². The Kier molecular flexibility index (Phi) is 32.5. The van der Waals surface area contributed by atoms with Crippen LogP contribution in [0.15, 0.2) is 140 Å². The molecular formula is C77H98ClN15O13. The zero-order chi connectivity index (χ0) is 76.8. The number of aliphatic hydroxyl groups excluding tert-OH is 1. The summed E-state index contributed by atoms with van der Waals surface area (Å²) in [4.78, 5) is 173. The zero-order valence-electron chi connectivity index (χ0n) is 60.5. The highest BCUT2D eigenvalue weighted by Crippen LogP contribution is 2.23. The molecule has 566 valence electrons. The largest absolute Gasteiger partial charge is 0.394 e. The number of aliphatic hydroxyl groups is 1. The minimum atomic E-state index is -1.84. The summed E-state index contributed by atoms with van der Waals surface area (Å²) in [5.74, 6) is -7.90. The topological polar surface area (TPSA) is 412 Å². The number of hydrogen-bond donors (Lipinski definition) is 14. The van der Waals surface area contributed by atoms with Gasteiger partial charge in [-0.1, -0.05) is 124 Å². The van der Waals surface area contributed by atoms with Crippen molar-refractivity contribution in [2.75, 3.05) is 30.3 Å². The van der Waals surface area contributed by atoms with Crippen LogP contribution in [0.5, 0.6) is 0 Å². The molecule has 0 radical (unpaired) electrons. The number of pyridine rings is 1. The zero-order valence-corrected chi connectivity index (χ0v) is 61.2. The van der Waals surface area contributed by atoms with Crippen LogP contribution in [0.4, 0.5) is 11.4 Å². The van der Waals surface area contributed by atoms with E-state index in [1.54, 1.807) is 79.7 Å². The predicted molar refractivity (Wildman–Crippen MR) is 402 cm³/mol. The molecule has 6 aromatic rings. The number of likely N-dealkylation sites (tertiary alicyclic amines) is 1. The molecule has 12 amide bonds. The number of nitrogens with two attached hydrogens (primary N) is 1. The van der Waals surface area contributed by atoms with Crippen molar-refractivity contribution in [2.24, 2.45) is 11.7 Å². The van der Waals surface area contributed by atoms with Crippen LogP contribution in [0.1, 0.15) is 108 Å². The Morgan fingerprint density at radius 2 is 0.981 bits per heavy atom. The van der Waals surface area contributed by atoms with Crippen LogP contribution in [0.2, 0.25) is 5.02 Å². The minimum Gasteiger partial charge on any atom is -0.394 e. The van der Waals surface area contributed by atoms with Crippen LogP contribution in [-0.2, 0) is 89.6 Å². The van der Waals surface area contributed by atoms with Gasteiger partial charge in [-0.2, -0.15) is 0 Å². The van der Waals surface area contributed by atoms with Crippen molar-refractivity contribution in [3.8, 4) is 0 Å². The van der Waals surface area contributed by atoms with Crippen LogP contribution in [0, 0.1) is 5.92 Å². The van der Waals surface area contributed by atoms with Gasteiger partial charge in [-0.15, -0.1) is 0 Å². The summed E-state index contributed by atoms with van der Waals surface area (Å²) >= 11 is 6.25. The van der Waals surface area contributed by atoms with Gasteiger partial charge in [-0.25, -0.2) is 0 Å². The molecule has 1 saturated heterocycles. The number of nitrogens with one attached hydrogen (secondary N) is 12. The van der Waals surface area contributed by atoms with Gasteiger partial charge >= 0.3 is 0 Å². The van der Waals surface area contributed by atoms with Crippen LogP contribution in [-0.4, -0.2) is 173 Å². The first-order chi connectivity index (χ1) is 50.8. The molecule has 0 bridgehead atoms. The number of aromatic nitrogens is 1. The van der Waals surface area contributed by atoms with Gasteiger partial charge in [0.1, 0.15) is 54.4 Å². The maximum atomic E-state index is 15.2. The molecule has 0 saturated carbocycles. The molecule has 1 aliphatic heterocycles. The first-order valence-corrected chi connectivity index (χ1v) is 36.0. The van der Waals surface area contributed by atoms with Gasteiger partial charge in [0.25, 0.3) is 0 Å². The van der Waals surface area contributed by atoms with E-state index in [0.29, 0.717) is 89.3 Å². The third kappa shape index (κ3) is 26.5. The number of anilines is 2. The second kappa shape index (κ2) is 41.7. The maximum Gasteiger partial charge on any atom is 0.245 e. The Bertz CT molecular complexity index is 3960. The average molecular weight is 1480 g/mol. The van der Waals surface area contributed by atoms with Crippen molar-refractivity contribution in [2.45, 2.75) is 179 Å². The minimum absolute atomic E-state index is 0.0338. The summed E-state index contributed by atoms with van der Waals surface area (Å²) in [5.41, 5.74) is 9.29. The van der Waals surface area contributed by atoms with Gasteiger partial charge in [0, 0.05) is 80.4 Å². The fourth-order valence-corrected chi connectivity index (χ4v) is 12.5. The van der Waals surface area contributed by atoms with Crippen LogP contribution >= 0.6 is 11.6 Å². The summed E-state index contributed by atoms with van der Waals surface area (Å²) in [7, 11) is 0. The number of unbranched alkanes of at least 4 members (excludes halogenated alkanes) is 1. The molecule has 28 nitrogen and oxygen atoms in total. The second-order valence-electron chi connectivity index (χ2n) is 27.2. The molecule has 1 aromatic heterocycles. The van der Waals surface area contributed by atoms with Crippen LogP contribution in [0.25, 0.3) is 10.8 Å². The summed E-state index contributed by atoms with van der Waals surface area (Å²) in [6.07, 6.45) is 4.60. The van der Waals surface area contributed by atoms with E-state index < -0.39 is 126 Å². The lowest BCUT2D eigenvalue weighted by Gasteiger charge is -2.31. The molecule has 10 atom stereocenters. The van der Waals surface area contributed by atoms with Crippen molar-refractivity contribution in [1.82, 2.24) is 63.1 Å². The number of carbonyl (C=O) groups excluding carboxylic acids is 12. The maximum absolute atomic E-state index is 15.2. The molecule has 0 aliphatic carbocycles. The molecular weight excluding hydrogens is 1380 g/mol. The highest BCUT2D eigenvalue weighted by Gasteiger charge is 2.40. The number of nitrogens with zero attached hydrogens (tertiary/aromatic N) is 2. The molecule has 5 aromatic carbocycles. The van der Waals surface area contributed by atoms with Crippen molar-refractivity contribution in [3.63, 3.8) is 0 Å². The van der Waals surface area contributed by atoms with Crippen molar-refractivity contribution >= 4 is 106 Å². The summed E-state index contributed by atoms with van der Waals surface area (Å²) < 4.78 is 0. The average Bonchev–Trinajstić information content (AvgIpc) is 1.82. The predicted octanol–water partition coefficient (Wildman–Crippen LogP) is 3.06. The molecule has 29 heteroatoms. The fourth-order valence-electron chi connectivity index (χ4n) is 12.3. The normalized spacial score (nSPS) is 15.2. The van der Waals surface area contributed by atoms with Crippen molar-refractivity contribution in [3.05, 3.63) is 173 Å². The molecule has 1 aliphatic rings. The van der Waals surface area contributed by atoms with Gasteiger partial charge in [-0.3, -0.25) is 62.5 Å². The van der Waals surface area contributed by atoms with E-state index in [0.717, 1.165) is 10.8 Å². The standard InChI is InChI=1S/C77H98ClN15O13/c1-46(2)35-61(69(98)86-60(16-9-10-33-81-47(3)4)77(106)93-34-12-17-68(93)76(105)84-48(5)79)87-71(100)64(38-51-21-28-58(29-22-51)82-44-95)89-73(102)65(39-52-23-30-59(31-24-52)83-45-96)91-75(104)67(43-94)92-74(103)66(41-54-13-11-32-80-42-54)90-72(101)63(37-50-19-26-57(78)27-20-50)88-70(99)62(85-49(6)97)40-53-18-25-55-14-7-8-15-56(55)36-53/h7-8,11,13-15,18-32,36,42,44-48,60-68,81,94H,9-10,12,16-17,33-35,37-41,43,79H2,1-6H3,(H,82,95)(H,83,96)(H,84,105)(H,85,97)(H,86,98)(H,87,100)(H,88,99)(H,89,102)(H,90,101)(H,91,104)(H,92,103)/t48-,60+,61+,62-,63-,64-,65+,66-,67+,68+/m1/s1. The smallest absolute Gasteiger partial charge is 0.245 e. The number of hydrogen-bond acceptors (Lipinski definition) is 16. The third-order valence-corrected chi connectivity index (χ3v) is 17.9. The van der Waals surface area contributed by atoms with Crippen molar-refractivity contribution in [1.29, 1.82) is 0 Å². The molecule has 1 fully saturated rings. The lowest BCUT2D eigenvalue weighted by Crippen LogP contribution is -2.62. The molecule has 0 spiro atoms. The number of halogens is 1. The molecule has 0 unspecified atom stereocenters. The van der Waals surface area contributed by atoms with Gasteiger partial charge in [0.05, 0.1) is 12.8 Å². The highest BCUT2D eigenvalue weighted by atomic mass is 35.5. The first kappa shape index (κ1) is 82.6. The van der Waals surface area contributed by atoms with E-state index in [9.17, 15) is 53.1 Å². The highest BCUT2D eigenvalue weighted by molar-refractivity contribution is 6.30. The lowest BCUT2D eigenvalue weighted by atomic mass is 9.99. The van der Waals surface area contributed by atoms with E-state index in [4.69, 9.17) is 17.3 Å². The van der Waals surface area contributed by atoms with Gasteiger partial charge in [0.15, 0.2) is 0 Å². The number of fused-ring (bicyclic) bond motifs is 1. The second-order valence-corrected chi connectivity index (χ2v) is 27.6. The van der Waals surface area contributed by atoms with Gasteiger partial charge in [-0.05, 0) is 139 Å². The van der Waals surface area contributed by atoms with E-state index in [1.807, 2.05) is 70.2 Å². The monoisotopic (exact) mass is 1480 g/mol. The summed E-state index contributed by atoms with van der Waals surface area (Å²) in [6.45, 7) is 10.3. The van der Waals surface area contributed by atoms with E-state index in [2.05, 4.69) is 68.8 Å². The Balaban J connectivity index is 1.16. The number of benzene rings is 5. The Morgan fingerprint density at radius 3 is 1.46 bits per heavy atom. The summed E-state index contributed by atoms with van der Waals surface area (Å²) in [6, 6.07) is 23.3. The molecule has 7 rings (SSSR count). The first-order valence-electron chi connectivity index (χ1n) is 35.6. The summed E-state index contributed by atoms with van der Waals surface area (Å²) in [5, 5.41) is 46.3. The molecule has 106 heavy (non-hydrogen) atoms.